The van der Waals surface area contributed by atoms with Crippen LogP contribution in [0.25, 0.3) is 16.9 Å². The van der Waals surface area contributed by atoms with Crippen molar-refractivity contribution in [1.82, 2.24) is 34.3 Å². The van der Waals surface area contributed by atoms with Gasteiger partial charge < -0.3 is 14.4 Å². The summed E-state index contributed by atoms with van der Waals surface area (Å²) >= 11 is 0. The first-order valence-corrected chi connectivity index (χ1v) is 13.1. The Kier molecular flexibility index (Phi) is 7.14. The number of pyridine rings is 2. The summed E-state index contributed by atoms with van der Waals surface area (Å²) in [7, 11) is 0. The molecule has 11 nitrogen and oxygen atoms in total. The van der Waals surface area contributed by atoms with Gasteiger partial charge in [-0.3, -0.25) is 9.38 Å². The normalized spacial score (nSPS) is 15.2. The van der Waals surface area contributed by atoms with E-state index < -0.39 is 17.5 Å². The fourth-order valence-corrected chi connectivity index (χ4v) is 4.89. The number of nitriles is 1. The monoisotopic (exact) mass is 546 g/mol. The Morgan fingerprint density at radius 3 is 2.65 bits per heavy atom. The first-order chi connectivity index (χ1) is 19.1. The smallest absolute Gasteiger partial charge is 0.410 e. The number of carbonyl (C=O) groups excluding carboxylic acids is 1. The number of ether oxygens (including phenoxy) is 2. The van der Waals surface area contributed by atoms with Gasteiger partial charge in [-0.2, -0.15) is 5.26 Å². The van der Waals surface area contributed by atoms with E-state index in [9.17, 15) is 14.4 Å². The van der Waals surface area contributed by atoms with Crippen LogP contribution in [0, 0.1) is 24.1 Å². The molecule has 0 bridgehead atoms. The van der Waals surface area contributed by atoms with E-state index in [0.29, 0.717) is 35.9 Å². The summed E-state index contributed by atoms with van der Waals surface area (Å²) in [5.74, 6) is -0.177. The van der Waals surface area contributed by atoms with Gasteiger partial charge in [-0.1, -0.05) is 5.21 Å². The quantitative estimate of drug-likeness (QED) is 0.342. The molecule has 5 heterocycles. The predicted molar refractivity (Wildman–Crippen MR) is 143 cm³/mol. The Bertz CT molecular complexity index is 1590. The molecule has 208 valence electrons. The molecule has 12 heteroatoms. The van der Waals surface area contributed by atoms with Crippen LogP contribution in [0.4, 0.5) is 9.18 Å². The number of hydrogen-bond acceptors (Lipinski definition) is 8. The third kappa shape index (κ3) is 5.32. The molecule has 0 radical (unpaired) electrons. The van der Waals surface area contributed by atoms with Crippen LogP contribution in [0.1, 0.15) is 69.8 Å². The first-order valence-electron chi connectivity index (χ1n) is 13.1. The molecule has 4 aromatic heterocycles. The van der Waals surface area contributed by atoms with E-state index in [1.54, 1.807) is 22.3 Å². The number of hydrogen-bond donors (Lipinski definition) is 0. The first kappa shape index (κ1) is 27.1. The zero-order chi connectivity index (χ0) is 28.6. The number of likely N-dealkylation sites (tertiary alicyclic amines) is 1. The molecule has 1 aliphatic heterocycles. The van der Waals surface area contributed by atoms with Crippen molar-refractivity contribution in [1.29, 1.82) is 5.26 Å². The van der Waals surface area contributed by atoms with E-state index in [1.807, 2.05) is 38.4 Å². The Labute approximate surface area is 231 Å². The lowest BCUT2D eigenvalue weighted by molar-refractivity contribution is 0.0183. The maximum atomic E-state index is 14.4. The maximum Gasteiger partial charge on any atom is 0.410 e. The van der Waals surface area contributed by atoms with Crippen molar-refractivity contribution in [3.8, 4) is 23.2 Å². The molecule has 5 rings (SSSR count). The van der Waals surface area contributed by atoms with Crippen LogP contribution in [-0.2, 0) is 4.74 Å². The molecule has 1 fully saturated rings. The van der Waals surface area contributed by atoms with Gasteiger partial charge in [0.15, 0.2) is 0 Å². The third-order valence-corrected chi connectivity index (χ3v) is 6.82. The summed E-state index contributed by atoms with van der Waals surface area (Å²) in [5.41, 5.74) is 2.56. The zero-order valence-corrected chi connectivity index (χ0v) is 23.1. The van der Waals surface area contributed by atoms with Gasteiger partial charge >= 0.3 is 6.09 Å². The lowest BCUT2D eigenvalue weighted by Gasteiger charge is -2.33. The molecule has 0 spiro atoms. The lowest BCUT2D eigenvalue weighted by atomic mass is 10.0. The van der Waals surface area contributed by atoms with Gasteiger partial charge in [-0.25, -0.2) is 18.9 Å². The number of fused-ring (bicyclic) bond motifs is 1. The zero-order valence-electron chi connectivity index (χ0n) is 23.1. The van der Waals surface area contributed by atoms with Crippen LogP contribution in [-0.4, -0.2) is 59.0 Å². The van der Waals surface area contributed by atoms with Crippen LogP contribution in [0.5, 0.6) is 5.88 Å². The predicted octanol–water partition coefficient (Wildman–Crippen LogP) is 5.02. The molecular weight excluding hydrogens is 515 g/mol. The highest BCUT2D eigenvalue weighted by Crippen LogP contribution is 2.33. The highest BCUT2D eigenvalue weighted by atomic mass is 19.1. The minimum atomic E-state index is -0.736. The van der Waals surface area contributed by atoms with Gasteiger partial charge in [0, 0.05) is 30.9 Å². The molecule has 1 aliphatic rings. The molecule has 1 atom stereocenters. The van der Waals surface area contributed by atoms with E-state index in [-0.39, 0.29) is 23.5 Å². The number of halogens is 1. The fraction of sp³-hybridized carbons (Fsp3) is 0.429. The van der Waals surface area contributed by atoms with Gasteiger partial charge in [0.05, 0.1) is 17.9 Å². The van der Waals surface area contributed by atoms with E-state index in [1.165, 1.54) is 24.5 Å². The van der Waals surface area contributed by atoms with Crippen molar-refractivity contribution in [3.05, 3.63) is 59.6 Å². The highest BCUT2D eigenvalue weighted by Gasteiger charge is 2.29. The van der Waals surface area contributed by atoms with Crippen molar-refractivity contribution in [2.45, 2.75) is 65.2 Å². The van der Waals surface area contributed by atoms with Gasteiger partial charge in [-0.05, 0) is 65.7 Å². The number of piperidine rings is 1. The molecule has 0 unspecified atom stereocenters. The van der Waals surface area contributed by atoms with Crippen LogP contribution in [0.2, 0.25) is 0 Å². The number of rotatable bonds is 5. The minimum absolute atomic E-state index is 0.0724. The van der Waals surface area contributed by atoms with Crippen molar-refractivity contribution in [2.24, 2.45) is 0 Å². The van der Waals surface area contributed by atoms with E-state index >= 15 is 0 Å². The average Bonchev–Trinajstić information content (AvgIpc) is 3.51. The molecule has 0 aliphatic carbocycles. The van der Waals surface area contributed by atoms with Gasteiger partial charge in [0.25, 0.3) is 0 Å². The van der Waals surface area contributed by atoms with Crippen molar-refractivity contribution < 1.29 is 18.7 Å². The molecular formula is C28H31FN8O3. The van der Waals surface area contributed by atoms with E-state index in [0.717, 1.165) is 18.5 Å². The highest BCUT2D eigenvalue weighted by molar-refractivity contribution is 5.69. The average molecular weight is 547 g/mol. The van der Waals surface area contributed by atoms with Crippen LogP contribution < -0.4 is 4.74 Å². The van der Waals surface area contributed by atoms with Gasteiger partial charge in [0.2, 0.25) is 5.88 Å². The summed E-state index contributed by atoms with van der Waals surface area (Å²) in [6.07, 6.45) is 3.35. The van der Waals surface area contributed by atoms with Crippen molar-refractivity contribution >= 4 is 11.7 Å². The Morgan fingerprint density at radius 2 is 1.98 bits per heavy atom. The second-order valence-corrected chi connectivity index (χ2v) is 10.8. The lowest BCUT2D eigenvalue weighted by Crippen LogP contribution is -2.42. The Balaban J connectivity index is 1.42. The third-order valence-electron chi connectivity index (χ3n) is 6.82. The van der Waals surface area contributed by atoms with Crippen LogP contribution in [0.3, 0.4) is 0 Å². The largest absolute Gasteiger partial charge is 0.469 e. The molecule has 4 aromatic rings. The Hall–Kier alpha value is -4.53. The standard InChI is InChI=1S/C28H31FN8O3/c1-17-25(33-34-37(17)20-8-11-35(12-9-20)27(38)40-28(3,4)5)19-13-23-32-16-21(15-30)36(23)24(14-19)39-18(2)26-22(29)7-6-10-31-26/h6-7,10,13-14,16,18,20H,8-9,11-12H2,1-5H3/t18-/m1/s1. The fourth-order valence-electron chi connectivity index (χ4n) is 4.89. The summed E-state index contributed by atoms with van der Waals surface area (Å²) in [4.78, 5) is 22.7. The number of aromatic nitrogens is 6. The molecule has 0 aromatic carbocycles. The summed E-state index contributed by atoms with van der Waals surface area (Å²) in [6, 6.07) is 8.59. The summed E-state index contributed by atoms with van der Waals surface area (Å²) in [6.45, 7) is 10.3. The molecule has 40 heavy (non-hydrogen) atoms. The topological polar surface area (TPSA) is 123 Å². The number of carbonyl (C=O) groups is 1. The van der Waals surface area contributed by atoms with Gasteiger partial charge in [0.1, 0.15) is 46.3 Å². The SMILES string of the molecule is Cc1c(-c2cc(O[C@H](C)c3ncccc3F)n3c(C#N)cnc3c2)nnn1C1CCN(C(=O)OC(C)(C)C)CC1. The molecule has 0 saturated carbocycles. The molecule has 1 amide bonds. The van der Waals surface area contributed by atoms with Crippen LogP contribution >= 0.6 is 0 Å². The van der Waals surface area contributed by atoms with Crippen LogP contribution in [0.15, 0.2) is 36.7 Å². The van der Waals surface area contributed by atoms with Crippen molar-refractivity contribution in [2.75, 3.05) is 13.1 Å². The van der Waals surface area contributed by atoms with E-state index in [4.69, 9.17) is 9.47 Å². The minimum Gasteiger partial charge on any atom is -0.469 e. The molecule has 1 saturated heterocycles. The second-order valence-electron chi connectivity index (χ2n) is 10.8. The summed E-state index contributed by atoms with van der Waals surface area (Å²) in [5, 5.41) is 18.6. The number of nitrogens with zero attached hydrogens (tertiary/aromatic N) is 8. The number of amides is 1. The number of imidazole rings is 1. The Morgan fingerprint density at radius 1 is 1.23 bits per heavy atom. The summed E-state index contributed by atoms with van der Waals surface area (Å²) < 4.78 is 29.5. The maximum absolute atomic E-state index is 14.4. The van der Waals surface area contributed by atoms with Gasteiger partial charge in [-0.15, -0.1) is 5.10 Å². The molecule has 0 N–H and O–H groups in total. The second kappa shape index (κ2) is 10.6. The van der Waals surface area contributed by atoms with E-state index in [2.05, 4.69) is 26.3 Å². The van der Waals surface area contributed by atoms with Crippen molar-refractivity contribution in [3.63, 3.8) is 0 Å².